The number of nitrogens with two attached hydrogens (primary N) is 1. The van der Waals surface area contributed by atoms with Crippen molar-refractivity contribution in [1.82, 2.24) is 0 Å². The van der Waals surface area contributed by atoms with Crippen LogP contribution in [0.15, 0.2) is 76.9 Å². The maximum absolute atomic E-state index is 11.5. The molecule has 0 fully saturated rings. The van der Waals surface area contributed by atoms with Crippen LogP contribution in [0.5, 0.6) is 0 Å². The third-order valence-corrected chi connectivity index (χ3v) is 22.8. The van der Waals surface area contributed by atoms with Crippen molar-refractivity contribution in [3.63, 3.8) is 0 Å². The van der Waals surface area contributed by atoms with Crippen LogP contribution in [0.1, 0.15) is 186 Å². The normalized spacial score (nSPS) is 16.2. The number of hydrogen-bond donors (Lipinski definition) is 3. The summed E-state index contributed by atoms with van der Waals surface area (Å²) in [5.74, 6) is -1.02. The fourth-order valence-electron chi connectivity index (χ4n) is 10.6. The first-order valence-electron chi connectivity index (χ1n) is 41.0. The van der Waals surface area contributed by atoms with Crippen LogP contribution >= 0.6 is 391 Å². The molecular weight excluding hydrogens is 2670 g/mol. The number of rotatable bonds is 47. The van der Waals surface area contributed by atoms with Gasteiger partial charge in [-0.05, 0) is 162 Å². The Morgan fingerprint density at radius 2 is 0.695 bits per heavy atom. The van der Waals surface area contributed by atoms with Crippen LogP contribution in [0.3, 0.4) is 0 Å². The van der Waals surface area contributed by atoms with Gasteiger partial charge in [-0.3, -0.25) is 9.59 Å². The molecule has 0 unspecified atom stereocenters. The van der Waals surface area contributed by atoms with Crippen LogP contribution in [-0.4, -0.2) is 247 Å². The quantitative estimate of drug-likeness (QED) is 0.0167. The molecule has 2 heterocycles. The van der Waals surface area contributed by atoms with E-state index in [9.17, 15) is 39.3 Å². The van der Waals surface area contributed by atoms with Crippen molar-refractivity contribution in [2.75, 3.05) is 109 Å². The van der Waals surface area contributed by atoms with Crippen molar-refractivity contribution in [3.8, 4) is 0 Å². The fourth-order valence-corrected chi connectivity index (χ4v) is 13.4. The molecule has 4 N–H and O–H groups in total. The number of aliphatic carboxylic acids is 2. The summed E-state index contributed by atoms with van der Waals surface area (Å²) < 4.78 is 49.5. The van der Waals surface area contributed by atoms with Gasteiger partial charge in [0, 0.05) is 84.6 Å². The van der Waals surface area contributed by atoms with Gasteiger partial charge >= 0.3 is 59.1 Å². The van der Waals surface area contributed by atoms with Gasteiger partial charge in [-0.15, -0.1) is 11.6 Å². The zero-order valence-corrected chi connectivity index (χ0v) is 110. The van der Waals surface area contributed by atoms with Crippen molar-refractivity contribution in [3.05, 3.63) is 66.9 Å². The number of alkyl halides is 33. The second-order valence-electron chi connectivity index (χ2n) is 32.5. The Hall–Kier alpha value is 6.76. The first-order chi connectivity index (χ1) is 62.9. The Bertz CT molecular complexity index is 3700. The minimum Gasteiger partial charge on any atom is -0.545 e. The van der Waals surface area contributed by atoms with Crippen LogP contribution in [0.25, 0.3) is 0 Å². The molecule has 2 aliphatic heterocycles. The number of hydrogen-bond acceptors (Lipinski definition) is 24. The average molecular weight is 2780 g/mol. The number of Topliss-reactive ketones (excluding diaryl/α,β-unsaturated/α-hetero) is 2. The molecule has 0 atom stereocenters. The summed E-state index contributed by atoms with van der Waals surface area (Å²) in [6.45, 7) is 21.1. The van der Waals surface area contributed by atoms with Crippen molar-refractivity contribution in [2.45, 2.75) is 272 Å². The monoisotopic (exact) mass is 2760 g/mol. The number of carboxylic acids is 2. The van der Waals surface area contributed by atoms with Gasteiger partial charge in [-0.2, -0.15) is 0 Å². The third-order valence-electron chi connectivity index (χ3n) is 17.5. The SMILES string of the molecule is C/C(CBr)=C(\CCC(OCC(Cl)(Cl)Cl)OCC(Cl)(Cl)Cl)C(=O)[O-].C/C(CBr)=C(\CCC(OCC(Cl)(Cl)Cl)OCC(Cl)(Cl)Cl)C1=NC(C)(C)CO1.C/C(CCl)=C(\CCC(OCC(Cl)(Cl)Cl)OCC(Cl)(Cl)Cl)C(=O)[O-].C/C(CO)=C(\CCC(OCC(Cl)(Cl)Cl)OCC(Cl)(Cl)Cl)C1=NC(C)(C)CO1.CC(C)(N)CO.CC1=C(CCC(OCC(Cl)(Cl)Cl)OCC(Cl)(Cl)Cl)CCC1=O.CC1=C(CCC=O)C(=O)CC1.[Na+].[Na+]. The van der Waals surface area contributed by atoms with Gasteiger partial charge in [0.05, 0.1) is 102 Å². The van der Waals surface area contributed by atoms with Crippen LogP contribution in [0, 0.1) is 0 Å². The Labute approximate surface area is 1040 Å². The number of carbonyl (C=O) groups is 5. The van der Waals surface area contributed by atoms with Gasteiger partial charge in [-0.25, -0.2) is 9.98 Å². The zero-order chi connectivity index (χ0) is 109. The minimum absolute atomic E-state index is 0. The molecule has 0 aromatic heterocycles. The first-order valence-corrected chi connectivity index (χ1v) is 55.1. The van der Waals surface area contributed by atoms with Gasteiger partial charge in [0.2, 0.25) is 49.7 Å². The van der Waals surface area contributed by atoms with Crippen LogP contribution in [0.4, 0.5) is 0 Å². The molecule has 814 valence electrons. The number of nitrogens with zero attached hydrogens (tertiary/aromatic N) is 2. The summed E-state index contributed by atoms with van der Waals surface area (Å²) in [6, 6.07) is 0. The summed E-state index contributed by atoms with van der Waals surface area (Å²) in [6.07, 6.45) is 4.10. The van der Waals surface area contributed by atoms with Gasteiger partial charge < -0.3 is 97.4 Å². The number of carbonyl (C=O) groups excluding carboxylic acids is 5. The standard InChI is InChI=1S/C16H22BrCl6NO3.C16H23Cl6NO4.C13H16Cl6O3.C12H15BrCl6O4.C12H15Cl7O4.C9H12O2.C4H11NO.2Na/c1-10(6-17)11(13-24-14(2,3)7-27-13)4-5-12(25-8-15(18,19)20)26-9-16(21,22)23;1-10(6-24)11(13-23-14(2,3)7-27-13)4-5-12(25-8-15(17,18)19)26-9-16(20,21)22;1-8-9(2-4-10(8)20)3-5-11(21-6-12(14,15)16)22-7-13(17,18)19;2*1-7(4-13)8(10(20)21)2-3-9(22-5-11(14,15)16)23-6-12(17,18)19;1-7-4-5-9(11)8(7)3-2-6-10;1-4(2,5)3-6;;/h12H,4-9H2,1-3H3;12,24H,4-9H2,1-3H3;11H,2-7H2,1H3;2*9H,2-6H2,1H3,(H,20,21);6H,2-5H2,1H3;6H,3,5H2,1-2H3;;/q;;;;;;;2*+1/p-2/b2*11-10-;;2*8-7-;;;;. The first kappa shape index (κ1) is 156. The summed E-state index contributed by atoms with van der Waals surface area (Å²) in [5, 5.41) is 41.2. The number of aldehydes is 1. The van der Waals surface area contributed by atoms with Crippen LogP contribution in [0.2, 0.25) is 0 Å². The summed E-state index contributed by atoms with van der Waals surface area (Å²) in [4.78, 5) is 64.1. The van der Waals surface area contributed by atoms with Crippen molar-refractivity contribution in [1.29, 1.82) is 0 Å². The number of carboxylic acid groups (broad SMARTS) is 2. The van der Waals surface area contributed by atoms with E-state index in [4.69, 9.17) is 427 Å². The van der Waals surface area contributed by atoms with Crippen molar-refractivity contribution in [2.24, 2.45) is 15.7 Å². The predicted octanol–water partition coefficient (Wildman–Crippen LogP) is 21.6. The number of ether oxygens (including phenoxy) is 12. The summed E-state index contributed by atoms with van der Waals surface area (Å²) in [7, 11) is 0. The number of ketones is 2. The van der Waals surface area contributed by atoms with Crippen LogP contribution in [-0.2, 0) is 80.8 Å². The maximum Gasteiger partial charge on any atom is 1.00 e. The maximum atomic E-state index is 11.5. The molecule has 2 aliphatic carbocycles. The molecule has 0 saturated heterocycles. The van der Waals surface area contributed by atoms with E-state index in [0.717, 1.165) is 58.1 Å². The van der Waals surface area contributed by atoms with Gasteiger partial charge in [-0.1, -0.05) is 408 Å². The third kappa shape index (κ3) is 88.2. The van der Waals surface area contributed by atoms with E-state index in [2.05, 4.69) is 41.8 Å². The molecular formula is C82H112Br2Cl31N3Na2O21. The van der Waals surface area contributed by atoms with E-state index in [0.29, 0.717) is 111 Å². The second kappa shape index (κ2) is 76.6. The summed E-state index contributed by atoms with van der Waals surface area (Å²) in [5.41, 5.74) is 13.1. The molecule has 141 heavy (non-hydrogen) atoms. The van der Waals surface area contributed by atoms with Gasteiger partial charge in [0.1, 0.15) is 19.5 Å². The molecule has 0 amide bonds. The molecule has 0 bridgehead atoms. The Balaban J connectivity index is -0.000000523. The molecule has 0 aromatic carbocycles. The smallest absolute Gasteiger partial charge is 0.545 e. The van der Waals surface area contributed by atoms with E-state index in [1.54, 1.807) is 34.6 Å². The Morgan fingerprint density at radius 1 is 0.433 bits per heavy atom. The topological polar surface area (TPSA) is 333 Å². The zero-order valence-electron chi connectivity index (χ0n) is 78.9. The number of aliphatic hydroxyl groups excluding tert-OH is 2. The van der Waals surface area contributed by atoms with Gasteiger partial charge in [0.15, 0.2) is 43.0 Å². The minimum atomic E-state index is -1.67. The van der Waals surface area contributed by atoms with E-state index >= 15 is 0 Å². The number of aliphatic imine (C=N–C) groups is 2. The average Bonchev–Trinajstić information content (AvgIpc) is 1.69. The molecule has 0 aromatic rings. The van der Waals surface area contributed by atoms with Crippen LogP contribution < -0.4 is 75.1 Å². The largest absolute Gasteiger partial charge is 1.00 e. The molecule has 0 spiro atoms. The predicted molar refractivity (Wildman–Crippen MR) is 583 cm³/mol. The van der Waals surface area contributed by atoms with E-state index in [1.807, 2.05) is 48.5 Å². The number of halogens is 33. The molecule has 24 nitrogen and oxygen atoms in total. The second-order valence-corrected chi connectivity index (χ2v) is 59.0. The van der Waals surface area contributed by atoms with Gasteiger partial charge in [0.25, 0.3) is 0 Å². The molecule has 4 rings (SSSR count). The molecule has 4 aliphatic rings. The Morgan fingerprint density at radius 3 is 0.901 bits per heavy atom. The molecule has 59 heteroatoms. The number of aliphatic hydroxyl groups is 2. The fraction of sp³-hybridized carbons (Fsp3) is 0.768. The van der Waals surface area contributed by atoms with Crippen molar-refractivity contribution < 1.29 is 160 Å². The molecule has 0 radical (unpaired) electrons. The van der Waals surface area contributed by atoms with E-state index in [1.165, 1.54) is 5.57 Å². The number of allylic oxidation sites excluding steroid dienone is 7. The van der Waals surface area contributed by atoms with E-state index < -0.39 is 86.9 Å². The summed E-state index contributed by atoms with van der Waals surface area (Å²) >= 11 is 182. The Kier molecular flexibility index (Phi) is 84.8. The van der Waals surface area contributed by atoms with E-state index in [-0.39, 0.29) is 204 Å². The molecule has 0 saturated carbocycles. The van der Waals surface area contributed by atoms with Crippen molar-refractivity contribution >= 4 is 433 Å².